The Morgan fingerprint density at radius 3 is 2.29 bits per heavy atom. The van der Waals surface area contributed by atoms with Gasteiger partial charge in [0.15, 0.2) is 11.5 Å². The van der Waals surface area contributed by atoms with Crippen LogP contribution >= 0.6 is 11.6 Å². The molecule has 2 amide bonds. The molecule has 7 rings (SSSR count). The zero-order valence-electron chi connectivity index (χ0n) is 27.9. The van der Waals surface area contributed by atoms with Crippen molar-refractivity contribution in [1.82, 2.24) is 4.98 Å². The predicted octanol–water partition coefficient (Wildman–Crippen LogP) is 8.74. The number of rotatable bonds is 9. The molecular weight excluding hydrogens is 678 g/mol. The number of methoxy groups -OCH3 is 2. The summed E-state index contributed by atoms with van der Waals surface area (Å²) in [6.45, 7) is 0. The molecule has 0 aliphatic carbocycles. The largest absolute Gasteiger partial charge is 0.493 e. The lowest BCUT2D eigenvalue weighted by Crippen LogP contribution is -2.32. The fourth-order valence-corrected chi connectivity index (χ4v) is 5.69. The number of aromatic nitrogens is 1. The van der Waals surface area contributed by atoms with E-state index in [-0.39, 0.29) is 23.0 Å². The van der Waals surface area contributed by atoms with E-state index in [0.717, 1.165) is 22.0 Å². The number of ether oxygens (including phenoxy) is 2. The number of amides is 2. The first-order valence-corrected chi connectivity index (χ1v) is 16.4. The van der Waals surface area contributed by atoms with Crippen molar-refractivity contribution in [1.29, 1.82) is 0 Å². The molecule has 52 heavy (non-hydrogen) atoms. The van der Waals surface area contributed by atoms with E-state index in [1.165, 1.54) is 19.1 Å². The summed E-state index contributed by atoms with van der Waals surface area (Å²) in [6.07, 6.45) is 3.64. The Morgan fingerprint density at radius 1 is 0.827 bits per heavy atom. The van der Waals surface area contributed by atoms with Gasteiger partial charge in [0.05, 0.1) is 25.6 Å². The average molecular weight is 708 g/mol. The molecule has 1 aliphatic rings. The third-order valence-corrected chi connectivity index (χ3v) is 8.44. The molecule has 0 atom stereocenters. The van der Waals surface area contributed by atoms with Gasteiger partial charge in [-0.2, -0.15) is 5.10 Å². The number of carbonyl (C=O) groups is 2. The van der Waals surface area contributed by atoms with Crippen molar-refractivity contribution in [2.24, 2.45) is 20.3 Å². The van der Waals surface area contributed by atoms with Gasteiger partial charge in [-0.05, 0) is 78.9 Å². The maximum Gasteiger partial charge on any atom is 0.295 e. The molecule has 1 aromatic heterocycles. The second-order valence-electron chi connectivity index (χ2n) is 11.4. The van der Waals surface area contributed by atoms with E-state index in [9.17, 15) is 9.59 Å². The molecule has 0 saturated carbocycles. The molecule has 0 spiro atoms. The van der Waals surface area contributed by atoms with Crippen LogP contribution in [0.4, 0.5) is 11.4 Å². The Labute approximate surface area is 303 Å². The Hall–Kier alpha value is -6.85. The molecule has 5 aromatic carbocycles. The number of halogens is 1. The fourth-order valence-electron chi connectivity index (χ4n) is 5.56. The van der Waals surface area contributed by atoms with Crippen molar-refractivity contribution in [2.75, 3.05) is 24.5 Å². The topological polar surface area (TPSA) is 133 Å². The van der Waals surface area contributed by atoms with E-state index in [1.54, 1.807) is 72.8 Å². The molecule has 11 nitrogen and oxygen atoms in total. The van der Waals surface area contributed by atoms with Crippen molar-refractivity contribution in [3.05, 3.63) is 160 Å². The highest BCUT2D eigenvalue weighted by Gasteiger charge is 2.32. The summed E-state index contributed by atoms with van der Waals surface area (Å²) in [7, 11) is 3.05. The molecule has 0 bridgehead atoms. The second-order valence-corrected chi connectivity index (χ2v) is 11.9. The van der Waals surface area contributed by atoms with E-state index in [1.807, 2.05) is 60.8 Å². The number of azo groups is 1. The van der Waals surface area contributed by atoms with Crippen LogP contribution in [0.15, 0.2) is 154 Å². The van der Waals surface area contributed by atoms with Crippen molar-refractivity contribution in [3.8, 4) is 11.5 Å². The first kappa shape index (κ1) is 33.6. The number of benzene rings is 5. The summed E-state index contributed by atoms with van der Waals surface area (Å²) in [6, 6.07) is 35.9. The van der Waals surface area contributed by atoms with Gasteiger partial charge >= 0.3 is 0 Å². The second kappa shape index (κ2) is 15.0. The summed E-state index contributed by atoms with van der Waals surface area (Å²) >= 11 is 6.02. The number of amidine groups is 2. The van der Waals surface area contributed by atoms with Gasteiger partial charge in [-0.3, -0.25) is 19.9 Å². The number of hydrazone groups is 1. The highest BCUT2D eigenvalue weighted by atomic mass is 35.5. The number of carbonyl (C=O) groups excluding carboxylic acids is 2. The maximum absolute atomic E-state index is 13.9. The lowest BCUT2D eigenvalue weighted by molar-refractivity contribution is -0.113. The molecular formula is C40H30ClN7O4. The lowest BCUT2D eigenvalue weighted by atomic mass is 10.1. The highest BCUT2D eigenvalue weighted by Crippen LogP contribution is 2.31. The number of para-hydroxylation sites is 1. The smallest absolute Gasteiger partial charge is 0.295 e. The van der Waals surface area contributed by atoms with Crippen molar-refractivity contribution in [2.45, 2.75) is 0 Å². The fraction of sp³-hybridized carbons (Fsp3) is 0.0500. The van der Waals surface area contributed by atoms with E-state index in [2.05, 4.69) is 25.7 Å². The number of hydrogen-bond acceptors (Lipinski definition) is 7. The van der Waals surface area contributed by atoms with Gasteiger partial charge < -0.3 is 14.5 Å². The number of aromatic amines is 1. The van der Waals surface area contributed by atoms with Gasteiger partial charge in [0, 0.05) is 44.4 Å². The average Bonchev–Trinajstić information content (AvgIpc) is 3.75. The third kappa shape index (κ3) is 7.07. The maximum atomic E-state index is 13.9. The number of anilines is 2. The molecule has 0 radical (unpaired) electrons. The van der Waals surface area contributed by atoms with Crippen LogP contribution < -0.4 is 19.8 Å². The summed E-state index contributed by atoms with van der Waals surface area (Å²) in [5.74, 6) is 0.636. The summed E-state index contributed by atoms with van der Waals surface area (Å²) in [4.78, 5) is 36.8. The number of H-pyrrole nitrogens is 1. The number of fused-ring (bicyclic) bond motifs is 1. The number of aliphatic imine (C=N–C) groups is 1. The van der Waals surface area contributed by atoms with Crippen LogP contribution in [0.3, 0.4) is 0 Å². The predicted molar refractivity (Wildman–Crippen MR) is 204 cm³/mol. The van der Waals surface area contributed by atoms with E-state index < -0.39 is 5.91 Å². The van der Waals surface area contributed by atoms with Crippen LogP contribution in [0.25, 0.3) is 17.0 Å². The number of nitrogens with one attached hydrogen (secondary N) is 2. The minimum atomic E-state index is -0.615. The standard InChI is InChI=1S/C40H30ClN7O4/c1-51-35-21-14-27(23-36(35)52-2)37(45-44-30-17-15-29(41)16-18-30)46-47-39(49)26-12-19-31(20-13-26)48-38(25-8-4-3-5-9-25)43-34(40(48)50)22-28-24-42-33-11-7-6-10-32(28)33/h3-24,42,44H,1-2H3/b34-22+,45-37+,47-46?. The van der Waals surface area contributed by atoms with Crippen LogP contribution in [-0.4, -0.2) is 42.7 Å². The number of nitrogens with zero attached hydrogens (tertiary/aromatic N) is 5. The first-order valence-electron chi connectivity index (χ1n) is 16.1. The molecule has 2 N–H and O–H groups in total. The Kier molecular flexibility index (Phi) is 9.67. The Morgan fingerprint density at radius 2 is 1.54 bits per heavy atom. The lowest BCUT2D eigenvalue weighted by Gasteiger charge is -2.18. The van der Waals surface area contributed by atoms with Crippen LogP contribution in [0.1, 0.15) is 27.0 Å². The number of hydrogen-bond donors (Lipinski definition) is 2. The molecule has 6 aromatic rings. The first-order chi connectivity index (χ1) is 25.4. The van der Waals surface area contributed by atoms with E-state index >= 15 is 0 Å². The van der Waals surface area contributed by atoms with Gasteiger partial charge in [0.2, 0.25) is 5.84 Å². The normalized spacial score (nSPS) is 13.9. The molecule has 0 fully saturated rings. The zero-order valence-corrected chi connectivity index (χ0v) is 28.7. The van der Waals surface area contributed by atoms with Crippen molar-refractivity contribution in [3.63, 3.8) is 0 Å². The van der Waals surface area contributed by atoms with Crippen molar-refractivity contribution < 1.29 is 19.1 Å². The van der Waals surface area contributed by atoms with E-state index in [4.69, 9.17) is 26.1 Å². The molecule has 2 heterocycles. The highest BCUT2D eigenvalue weighted by molar-refractivity contribution is 6.33. The van der Waals surface area contributed by atoms with Gasteiger partial charge in [-0.25, -0.2) is 4.99 Å². The molecule has 1 aliphatic heterocycles. The molecule has 0 saturated heterocycles. The van der Waals surface area contributed by atoms with Crippen LogP contribution in [0, 0.1) is 0 Å². The monoisotopic (exact) mass is 707 g/mol. The van der Waals surface area contributed by atoms with Gasteiger partial charge in [-0.15, -0.1) is 10.2 Å². The zero-order chi connectivity index (χ0) is 36.0. The summed E-state index contributed by atoms with van der Waals surface area (Å²) in [5.41, 5.74) is 7.73. The molecule has 12 heteroatoms. The minimum absolute atomic E-state index is 0.113. The van der Waals surface area contributed by atoms with Crippen molar-refractivity contribution >= 4 is 63.4 Å². The SMILES string of the molecule is COc1ccc(/C(N=NC(=O)c2ccc(N3C(=O)/C(=C\c4c[nH]c5ccccc45)N=C3c3ccccc3)cc2)=N\Nc2ccc(Cl)cc2)cc1OC. The minimum Gasteiger partial charge on any atom is -0.493 e. The van der Waals surface area contributed by atoms with Gasteiger partial charge in [-0.1, -0.05) is 60.1 Å². The summed E-state index contributed by atoms with van der Waals surface area (Å²) < 4.78 is 10.8. The van der Waals surface area contributed by atoms with Gasteiger partial charge in [0.25, 0.3) is 11.8 Å². The van der Waals surface area contributed by atoms with Gasteiger partial charge in [0.1, 0.15) is 11.5 Å². The van der Waals surface area contributed by atoms with E-state index in [0.29, 0.717) is 39.3 Å². The van der Waals surface area contributed by atoms with Crippen LogP contribution in [-0.2, 0) is 4.79 Å². The summed E-state index contributed by atoms with van der Waals surface area (Å²) in [5, 5.41) is 14.2. The third-order valence-electron chi connectivity index (χ3n) is 8.19. The van der Waals surface area contributed by atoms with Crippen LogP contribution in [0.5, 0.6) is 11.5 Å². The quantitative estimate of drug-likeness (QED) is 0.0510. The Bertz CT molecular complexity index is 2400. The van der Waals surface area contributed by atoms with Crippen LogP contribution in [0.2, 0.25) is 5.02 Å². The molecule has 256 valence electrons. The molecule has 0 unspecified atom stereocenters. The Balaban J connectivity index is 1.16.